The summed E-state index contributed by atoms with van der Waals surface area (Å²) in [6.07, 6.45) is 1.52. The van der Waals surface area contributed by atoms with E-state index in [4.69, 9.17) is 29.1 Å². The molecule has 156 valence electrons. The van der Waals surface area contributed by atoms with Gasteiger partial charge in [0.2, 0.25) is 5.88 Å². The van der Waals surface area contributed by atoms with Gasteiger partial charge in [0.1, 0.15) is 40.4 Å². The van der Waals surface area contributed by atoms with E-state index in [1.54, 1.807) is 55.6 Å². The number of furan rings is 1. The number of carbonyl (C=O) groups is 1. The van der Waals surface area contributed by atoms with E-state index in [0.29, 0.717) is 28.6 Å². The lowest BCUT2D eigenvalue weighted by Crippen LogP contribution is -2.21. The number of allylic oxidation sites excluding steroid dienone is 1. The third kappa shape index (κ3) is 4.16. The van der Waals surface area contributed by atoms with E-state index in [1.165, 1.54) is 12.3 Å². The number of hydrogen-bond donors (Lipinski definition) is 1. The molecule has 0 radical (unpaired) electrons. The fourth-order valence-corrected chi connectivity index (χ4v) is 3.22. The summed E-state index contributed by atoms with van der Waals surface area (Å²) in [6.45, 7) is -0.278. The van der Waals surface area contributed by atoms with Crippen LogP contribution in [0, 0.1) is 11.3 Å². The third-order valence-electron chi connectivity index (χ3n) is 4.67. The Balaban J connectivity index is 1.48. The van der Waals surface area contributed by atoms with Crippen molar-refractivity contribution in [2.45, 2.75) is 5.92 Å². The predicted octanol–water partition coefficient (Wildman–Crippen LogP) is 3.49. The van der Waals surface area contributed by atoms with Crippen LogP contribution in [0.3, 0.4) is 0 Å². The maximum Gasteiger partial charge on any atom is 0.349 e. The average molecular weight is 418 g/mol. The number of methoxy groups -OCH3 is 1. The first-order valence-electron chi connectivity index (χ1n) is 9.31. The molecule has 1 aliphatic rings. The quantitative estimate of drug-likeness (QED) is 0.478. The molecule has 1 unspecified atom stereocenters. The first kappa shape index (κ1) is 19.9. The molecule has 1 atom stereocenters. The highest BCUT2D eigenvalue weighted by Crippen LogP contribution is 2.43. The number of benzene rings is 2. The predicted molar refractivity (Wildman–Crippen MR) is 109 cm³/mol. The molecular weight excluding hydrogens is 400 g/mol. The molecule has 31 heavy (non-hydrogen) atoms. The second-order valence-electron chi connectivity index (χ2n) is 6.58. The van der Waals surface area contributed by atoms with Crippen molar-refractivity contribution in [3.8, 4) is 29.1 Å². The Morgan fingerprint density at radius 1 is 1.13 bits per heavy atom. The number of nitrogens with zero attached hydrogens (tertiary/aromatic N) is 1. The smallest absolute Gasteiger partial charge is 0.349 e. The molecule has 0 fully saturated rings. The van der Waals surface area contributed by atoms with Crippen molar-refractivity contribution < 1.29 is 28.2 Å². The largest absolute Gasteiger partial charge is 0.497 e. The maximum atomic E-state index is 12.2. The Kier molecular flexibility index (Phi) is 5.49. The Morgan fingerprint density at radius 3 is 2.55 bits per heavy atom. The van der Waals surface area contributed by atoms with Crippen LogP contribution in [0.25, 0.3) is 0 Å². The van der Waals surface area contributed by atoms with Gasteiger partial charge in [0.25, 0.3) is 0 Å². The fraction of sp³-hybridized carbons (Fsp3) is 0.130. The van der Waals surface area contributed by atoms with Gasteiger partial charge in [-0.1, -0.05) is 6.07 Å². The zero-order valence-electron chi connectivity index (χ0n) is 16.5. The van der Waals surface area contributed by atoms with E-state index in [1.807, 2.05) is 0 Å². The monoisotopic (exact) mass is 418 g/mol. The molecule has 8 nitrogen and oxygen atoms in total. The Hall–Kier alpha value is -4.38. The highest BCUT2D eigenvalue weighted by Gasteiger charge is 2.32. The van der Waals surface area contributed by atoms with Gasteiger partial charge >= 0.3 is 5.97 Å². The number of carbonyl (C=O) groups excluding carboxylic acids is 1. The lowest BCUT2D eigenvalue weighted by atomic mass is 9.87. The molecular formula is C23H18N2O6. The van der Waals surface area contributed by atoms with E-state index >= 15 is 0 Å². The van der Waals surface area contributed by atoms with Crippen molar-refractivity contribution in [2.24, 2.45) is 5.73 Å². The molecule has 2 N–H and O–H groups in total. The van der Waals surface area contributed by atoms with Crippen molar-refractivity contribution in [1.82, 2.24) is 0 Å². The number of rotatable bonds is 6. The van der Waals surface area contributed by atoms with E-state index in [9.17, 15) is 10.1 Å². The minimum atomic E-state index is -0.588. The zero-order chi connectivity index (χ0) is 21.8. The highest BCUT2D eigenvalue weighted by molar-refractivity contribution is 5.74. The molecule has 0 saturated carbocycles. The first-order chi connectivity index (χ1) is 15.1. The summed E-state index contributed by atoms with van der Waals surface area (Å²) < 4.78 is 26.9. The van der Waals surface area contributed by atoms with Gasteiger partial charge in [-0.3, -0.25) is 0 Å². The van der Waals surface area contributed by atoms with Gasteiger partial charge in [0, 0.05) is 11.6 Å². The van der Waals surface area contributed by atoms with Gasteiger partial charge in [-0.25, -0.2) is 4.79 Å². The summed E-state index contributed by atoms with van der Waals surface area (Å²) in [5.41, 5.74) is 6.87. The molecule has 4 rings (SSSR count). The molecule has 3 aromatic rings. The number of nitriles is 1. The SMILES string of the molecule is COc1ccc(OCC(=O)Oc2ccc3c(c2)OC(N)=C(C#N)C3c2ccco2)cc1. The van der Waals surface area contributed by atoms with Crippen molar-refractivity contribution in [1.29, 1.82) is 5.26 Å². The minimum absolute atomic E-state index is 0.0253. The van der Waals surface area contributed by atoms with Gasteiger partial charge in [0.15, 0.2) is 6.61 Å². The van der Waals surface area contributed by atoms with E-state index < -0.39 is 11.9 Å². The van der Waals surface area contributed by atoms with E-state index in [2.05, 4.69) is 6.07 Å². The van der Waals surface area contributed by atoms with Crippen LogP contribution >= 0.6 is 0 Å². The summed E-state index contributed by atoms with van der Waals surface area (Å²) >= 11 is 0. The molecule has 1 aromatic heterocycles. The van der Waals surface area contributed by atoms with Crippen molar-refractivity contribution in [3.63, 3.8) is 0 Å². The minimum Gasteiger partial charge on any atom is -0.497 e. The van der Waals surface area contributed by atoms with Gasteiger partial charge in [0.05, 0.1) is 19.3 Å². The number of nitrogens with two attached hydrogens (primary N) is 1. The molecule has 0 saturated heterocycles. The average Bonchev–Trinajstić information content (AvgIpc) is 3.31. The summed E-state index contributed by atoms with van der Waals surface area (Å²) in [5.74, 6) is 1.26. The second-order valence-corrected chi connectivity index (χ2v) is 6.58. The second kappa shape index (κ2) is 8.55. The molecule has 2 aromatic carbocycles. The molecule has 1 aliphatic heterocycles. The first-order valence-corrected chi connectivity index (χ1v) is 9.31. The number of fused-ring (bicyclic) bond motifs is 1. The van der Waals surface area contributed by atoms with Crippen LogP contribution in [-0.4, -0.2) is 19.7 Å². The maximum absolute atomic E-state index is 12.2. The Morgan fingerprint density at radius 2 is 1.87 bits per heavy atom. The topological polar surface area (TPSA) is 117 Å². The van der Waals surface area contributed by atoms with Gasteiger partial charge in [-0.15, -0.1) is 0 Å². The van der Waals surface area contributed by atoms with E-state index in [-0.39, 0.29) is 23.8 Å². The Labute approximate surface area is 178 Å². The molecule has 0 amide bonds. The summed E-state index contributed by atoms with van der Waals surface area (Å²) in [7, 11) is 1.57. The van der Waals surface area contributed by atoms with Gasteiger partial charge in [-0.05, 0) is 42.5 Å². The van der Waals surface area contributed by atoms with Gasteiger partial charge in [-0.2, -0.15) is 5.26 Å². The van der Waals surface area contributed by atoms with Crippen LogP contribution in [0.1, 0.15) is 17.2 Å². The Bertz CT molecular complexity index is 1160. The van der Waals surface area contributed by atoms with Crippen molar-refractivity contribution in [3.05, 3.63) is 83.6 Å². The standard InChI is InChI=1S/C23H18N2O6/c1-27-14-4-6-15(7-5-14)29-13-21(26)30-16-8-9-17-20(11-16)31-23(25)18(12-24)22(17)19-3-2-10-28-19/h2-11,22H,13,25H2,1H3. The van der Waals surface area contributed by atoms with Crippen LogP contribution < -0.4 is 24.7 Å². The lowest BCUT2D eigenvalue weighted by molar-refractivity contribution is -0.136. The molecule has 0 spiro atoms. The molecule has 8 heteroatoms. The summed E-state index contributed by atoms with van der Waals surface area (Å²) in [4.78, 5) is 12.2. The van der Waals surface area contributed by atoms with Crippen LogP contribution in [-0.2, 0) is 4.79 Å². The fourth-order valence-electron chi connectivity index (χ4n) is 3.22. The molecule has 2 heterocycles. The molecule has 0 aliphatic carbocycles. The van der Waals surface area contributed by atoms with E-state index in [0.717, 1.165) is 0 Å². The number of ether oxygens (including phenoxy) is 4. The summed E-state index contributed by atoms with van der Waals surface area (Å²) in [5, 5.41) is 9.51. The zero-order valence-corrected chi connectivity index (χ0v) is 16.5. The van der Waals surface area contributed by atoms with Crippen LogP contribution in [0.5, 0.6) is 23.0 Å². The van der Waals surface area contributed by atoms with Crippen LogP contribution in [0.4, 0.5) is 0 Å². The number of hydrogen-bond acceptors (Lipinski definition) is 8. The van der Waals surface area contributed by atoms with Crippen molar-refractivity contribution in [2.75, 3.05) is 13.7 Å². The van der Waals surface area contributed by atoms with Crippen molar-refractivity contribution >= 4 is 5.97 Å². The number of esters is 1. The summed E-state index contributed by atoms with van der Waals surface area (Å²) in [6, 6.07) is 17.3. The highest BCUT2D eigenvalue weighted by atomic mass is 16.6. The van der Waals surface area contributed by atoms with Gasteiger partial charge < -0.3 is 29.1 Å². The van der Waals surface area contributed by atoms with Crippen LogP contribution in [0.2, 0.25) is 0 Å². The van der Waals surface area contributed by atoms with Crippen LogP contribution in [0.15, 0.2) is 76.7 Å². The molecule has 0 bridgehead atoms. The third-order valence-corrected chi connectivity index (χ3v) is 4.67. The lowest BCUT2D eigenvalue weighted by Gasteiger charge is -2.25. The normalized spacial score (nSPS) is 14.8.